The number of nitrogens with one attached hydrogen (secondary N) is 1. The van der Waals surface area contributed by atoms with E-state index in [0.717, 1.165) is 0 Å². The number of hydrogen-bond acceptors (Lipinski definition) is 6. The second-order valence-electron chi connectivity index (χ2n) is 4.56. The molecule has 21 heavy (non-hydrogen) atoms. The van der Waals surface area contributed by atoms with E-state index in [1.165, 1.54) is 22.4 Å². The van der Waals surface area contributed by atoms with E-state index in [-0.39, 0.29) is 11.5 Å². The molecule has 0 spiro atoms. The molecule has 1 amide bonds. The molecule has 0 radical (unpaired) electrons. The summed E-state index contributed by atoms with van der Waals surface area (Å²) in [6.45, 7) is 0.706. The van der Waals surface area contributed by atoms with E-state index >= 15 is 0 Å². The van der Waals surface area contributed by atoms with Gasteiger partial charge in [-0.3, -0.25) is 9.59 Å². The van der Waals surface area contributed by atoms with Crippen LogP contribution in [0.3, 0.4) is 0 Å². The minimum absolute atomic E-state index is 0.0148. The predicted molar refractivity (Wildman–Crippen MR) is 76.4 cm³/mol. The molecule has 2 heterocycles. The van der Waals surface area contributed by atoms with Crippen LogP contribution in [0.15, 0.2) is 23.3 Å². The van der Waals surface area contributed by atoms with Crippen molar-refractivity contribution in [2.45, 2.75) is 12.8 Å². The summed E-state index contributed by atoms with van der Waals surface area (Å²) >= 11 is 1.36. The Morgan fingerprint density at radius 1 is 1.52 bits per heavy atom. The van der Waals surface area contributed by atoms with Gasteiger partial charge in [0.1, 0.15) is 11.6 Å². The maximum Gasteiger partial charge on any atom is 0.306 e. The average molecular weight is 306 g/mol. The number of aromatic nitrogens is 1. The summed E-state index contributed by atoms with van der Waals surface area (Å²) in [5, 5.41) is 23.2. The van der Waals surface area contributed by atoms with Crippen LogP contribution >= 0.6 is 11.3 Å². The van der Waals surface area contributed by atoms with Crippen LogP contribution in [-0.4, -0.2) is 40.0 Å². The molecule has 0 atom stereocenters. The molecule has 1 aliphatic rings. The Labute approximate surface area is 125 Å². The summed E-state index contributed by atoms with van der Waals surface area (Å²) in [6, 6.07) is 1.86. The van der Waals surface area contributed by atoms with E-state index in [1.807, 2.05) is 6.07 Å². The van der Waals surface area contributed by atoms with Crippen molar-refractivity contribution in [3.63, 3.8) is 0 Å². The first-order chi connectivity index (χ1) is 10.1. The number of thiazole rings is 1. The molecule has 1 fully saturated rings. The summed E-state index contributed by atoms with van der Waals surface area (Å²) in [4.78, 5) is 28.6. The van der Waals surface area contributed by atoms with Crippen LogP contribution < -0.4 is 5.32 Å². The standard InChI is InChI=1S/C13H14N4O3S/c14-7-10(8-16-13-15-3-6-21-13)11(18)17-4-1-9(2-5-17)12(19)20/h3,6,8-9H,1-2,4-5H2,(H,15,16)(H,19,20)/b10-8-. The van der Waals surface area contributed by atoms with Crippen LogP contribution in [0.1, 0.15) is 12.8 Å². The summed E-state index contributed by atoms with van der Waals surface area (Å²) in [6.07, 6.45) is 3.79. The number of nitriles is 1. The number of carbonyl (C=O) groups excluding carboxylic acids is 1. The zero-order chi connectivity index (χ0) is 15.2. The van der Waals surface area contributed by atoms with Crippen LogP contribution in [0.25, 0.3) is 0 Å². The second-order valence-corrected chi connectivity index (χ2v) is 5.45. The molecule has 1 saturated heterocycles. The lowest BCUT2D eigenvalue weighted by atomic mass is 9.97. The third-order valence-corrected chi connectivity index (χ3v) is 3.96. The molecule has 1 aromatic heterocycles. The van der Waals surface area contributed by atoms with Gasteiger partial charge in [0, 0.05) is 30.9 Å². The van der Waals surface area contributed by atoms with Gasteiger partial charge >= 0.3 is 5.97 Å². The highest BCUT2D eigenvalue weighted by Crippen LogP contribution is 2.19. The van der Waals surface area contributed by atoms with Crippen molar-refractivity contribution in [1.82, 2.24) is 9.88 Å². The maximum absolute atomic E-state index is 12.2. The largest absolute Gasteiger partial charge is 0.481 e. The molecule has 7 nitrogen and oxygen atoms in total. The number of hydrogen-bond donors (Lipinski definition) is 2. The quantitative estimate of drug-likeness (QED) is 0.641. The Morgan fingerprint density at radius 2 is 2.24 bits per heavy atom. The number of likely N-dealkylation sites (tertiary alicyclic amines) is 1. The minimum atomic E-state index is -0.830. The highest BCUT2D eigenvalue weighted by molar-refractivity contribution is 7.13. The average Bonchev–Trinajstić information content (AvgIpc) is 3.01. The highest BCUT2D eigenvalue weighted by atomic mass is 32.1. The third kappa shape index (κ3) is 3.79. The molecule has 1 aromatic rings. The van der Waals surface area contributed by atoms with Gasteiger partial charge in [-0.25, -0.2) is 4.98 Å². The predicted octanol–water partition coefficient (Wildman–Crippen LogP) is 1.29. The monoisotopic (exact) mass is 306 g/mol. The fourth-order valence-electron chi connectivity index (χ4n) is 2.07. The van der Waals surface area contributed by atoms with Crippen LogP contribution in [0.2, 0.25) is 0 Å². The smallest absolute Gasteiger partial charge is 0.306 e. The molecule has 2 N–H and O–H groups in total. The molecule has 0 aliphatic carbocycles. The van der Waals surface area contributed by atoms with Crippen LogP contribution in [0, 0.1) is 17.2 Å². The lowest BCUT2D eigenvalue weighted by molar-refractivity contribution is -0.145. The Balaban J connectivity index is 1.96. The number of rotatable bonds is 4. The summed E-state index contributed by atoms with van der Waals surface area (Å²) in [5.41, 5.74) is -0.0148. The molecule has 0 unspecified atom stereocenters. The van der Waals surface area contributed by atoms with Crippen molar-refractivity contribution < 1.29 is 14.7 Å². The fraction of sp³-hybridized carbons (Fsp3) is 0.385. The Hall–Kier alpha value is -2.40. The summed E-state index contributed by atoms with van der Waals surface area (Å²) < 4.78 is 0. The molecule has 0 bridgehead atoms. The molecule has 0 saturated carbocycles. The van der Waals surface area contributed by atoms with Gasteiger partial charge in [-0.1, -0.05) is 0 Å². The number of anilines is 1. The zero-order valence-electron chi connectivity index (χ0n) is 11.2. The number of carboxylic acid groups (broad SMARTS) is 1. The normalized spacial score (nSPS) is 16.3. The van der Waals surface area contributed by atoms with Gasteiger partial charge < -0.3 is 15.3 Å². The first-order valence-corrected chi connectivity index (χ1v) is 7.28. The Bertz CT molecular complexity index is 583. The van der Waals surface area contributed by atoms with Gasteiger partial charge in [-0.15, -0.1) is 11.3 Å². The zero-order valence-corrected chi connectivity index (χ0v) is 12.0. The molecule has 8 heteroatoms. The van der Waals surface area contributed by atoms with Gasteiger partial charge in [0.15, 0.2) is 5.13 Å². The van der Waals surface area contributed by atoms with Crippen molar-refractivity contribution >= 4 is 28.3 Å². The van der Waals surface area contributed by atoms with E-state index in [4.69, 9.17) is 10.4 Å². The van der Waals surface area contributed by atoms with Crippen molar-refractivity contribution in [3.05, 3.63) is 23.3 Å². The van der Waals surface area contributed by atoms with E-state index in [9.17, 15) is 9.59 Å². The van der Waals surface area contributed by atoms with Crippen molar-refractivity contribution in [2.24, 2.45) is 5.92 Å². The minimum Gasteiger partial charge on any atom is -0.481 e. The molecule has 2 rings (SSSR count). The van der Waals surface area contributed by atoms with Crippen molar-refractivity contribution in [2.75, 3.05) is 18.4 Å². The Kier molecular flexibility index (Phi) is 4.90. The Morgan fingerprint density at radius 3 is 2.76 bits per heavy atom. The lowest BCUT2D eigenvalue weighted by Crippen LogP contribution is -2.40. The number of carbonyl (C=O) groups is 2. The van der Waals surface area contributed by atoms with E-state index in [0.29, 0.717) is 31.1 Å². The van der Waals surface area contributed by atoms with E-state index in [2.05, 4.69) is 10.3 Å². The van der Waals surface area contributed by atoms with Gasteiger partial charge in [0.2, 0.25) is 0 Å². The fourth-order valence-corrected chi connectivity index (χ4v) is 2.57. The van der Waals surface area contributed by atoms with E-state index in [1.54, 1.807) is 11.6 Å². The molecule has 0 aromatic carbocycles. The number of aliphatic carboxylic acids is 1. The first kappa shape index (κ1) is 15.0. The van der Waals surface area contributed by atoms with Gasteiger partial charge in [0.25, 0.3) is 5.91 Å². The maximum atomic E-state index is 12.2. The number of nitrogens with zero attached hydrogens (tertiary/aromatic N) is 3. The third-order valence-electron chi connectivity index (χ3n) is 3.25. The number of carboxylic acids is 1. The van der Waals surface area contributed by atoms with Gasteiger partial charge in [-0.05, 0) is 12.8 Å². The van der Waals surface area contributed by atoms with Gasteiger partial charge in [-0.2, -0.15) is 5.26 Å². The lowest BCUT2D eigenvalue weighted by Gasteiger charge is -2.29. The molecular weight excluding hydrogens is 292 g/mol. The summed E-state index contributed by atoms with van der Waals surface area (Å²) in [7, 11) is 0. The molecule has 1 aliphatic heterocycles. The number of piperidine rings is 1. The highest BCUT2D eigenvalue weighted by Gasteiger charge is 2.28. The first-order valence-electron chi connectivity index (χ1n) is 6.40. The SMILES string of the molecule is N#C/C(=C/Nc1nccs1)C(=O)N1CCC(C(=O)O)CC1. The van der Waals surface area contributed by atoms with Gasteiger partial charge in [0.05, 0.1) is 5.92 Å². The molecular formula is C13H14N4O3S. The second kappa shape index (κ2) is 6.85. The van der Waals surface area contributed by atoms with E-state index < -0.39 is 11.9 Å². The number of amides is 1. The summed E-state index contributed by atoms with van der Waals surface area (Å²) in [5.74, 6) is -1.62. The van der Waals surface area contributed by atoms with Crippen LogP contribution in [0.5, 0.6) is 0 Å². The van der Waals surface area contributed by atoms with Crippen molar-refractivity contribution in [3.8, 4) is 6.07 Å². The van der Waals surface area contributed by atoms with Crippen molar-refractivity contribution in [1.29, 1.82) is 5.26 Å². The topological polar surface area (TPSA) is 106 Å². The van der Waals surface area contributed by atoms with Crippen LogP contribution in [-0.2, 0) is 9.59 Å². The van der Waals surface area contributed by atoms with Crippen LogP contribution in [0.4, 0.5) is 5.13 Å². The molecule has 110 valence electrons.